The summed E-state index contributed by atoms with van der Waals surface area (Å²) in [4.78, 5) is 22.8. The summed E-state index contributed by atoms with van der Waals surface area (Å²) >= 11 is 0. The number of nitrogens with two attached hydrogens (primary N) is 1. The zero-order valence-electron chi connectivity index (χ0n) is 11.5. The number of primary amides is 1. The molecule has 0 aliphatic heterocycles. The minimum Gasteiger partial charge on any atom is -0.483 e. The number of carbonyl (C=O) groups is 1. The van der Waals surface area contributed by atoms with E-state index in [4.69, 9.17) is 10.5 Å². The van der Waals surface area contributed by atoms with Crippen LogP contribution in [-0.4, -0.2) is 10.5 Å². The van der Waals surface area contributed by atoms with E-state index in [0.29, 0.717) is 11.3 Å². The lowest BCUT2D eigenvalue weighted by Gasteiger charge is -2.12. The third kappa shape index (κ3) is 3.68. The van der Waals surface area contributed by atoms with Crippen LogP contribution in [0.25, 0.3) is 0 Å². The third-order valence-electron chi connectivity index (χ3n) is 2.98. The number of nitrogens with zero attached hydrogens (tertiary/aromatic N) is 1. The summed E-state index contributed by atoms with van der Waals surface area (Å²) in [6.45, 7) is 1.56. The van der Waals surface area contributed by atoms with Gasteiger partial charge in [0.1, 0.15) is 19.0 Å². The molecule has 0 radical (unpaired) electrons. The molecule has 0 aliphatic carbocycles. The summed E-state index contributed by atoms with van der Waals surface area (Å²) in [7, 11) is 0. The molecule has 1 aromatic carbocycles. The van der Waals surface area contributed by atoms with E-state index < -0.39 is 11.7 Å². The number of benzene rings is 1. The second-order valence-electron chi connectivity index (χ2n) is 4.62. The van der Waals surface area contributed by atoms with Gasteiger partial charge in [-0.2, -0.15) is 0 Å². The molecule has 2 N–H and O–H groups in total. The van der Waals surface area contributed by atoms with Gasteiger partial charge in [-0.05, 0) is 13.0 Å². The normalized spacial score (nSPS) is 10.4. The average Bonchev–Trinajstić information content (AvgIpc) is 2.41. The fourth-order valence-electron chi connectivity index (χ4n) is 1.87. The number of ether oxygens (including phenoxy) is 1. The molecule has 6 heteroatoms. The maximum absolute atomic E-state index is 13.5. The van der Waals surface area contributed by atoms with Crippen LogP contribution < -0.4 is 15.9 Å². The van der Waals surface area contributed by atoms with Crippen LogP contribution in [-0.2, 0) is 17.9 Å². The molecule has 110 valence electrons. The van der Waals surface area contributed by atoms with Crippen LogP contribution in [0.4, 0.5) is 4.39 Å². The summed E-state index contributed by atoms with van der Waals surface area (Å²) < 4.78 is 20.4. The molecule has 0 fully saturated rings. The highest BCUT2D eigenvalue weighted by Gasteiger charge is 2.08. The lowest BCUT2D eigenvalue weighted by molar-refractivity contribution is -0.118. The van der Waals surface area contributed by atoms with Gasteiger partial charge in [-0.3, -0.25) is 9.59 Å². The summed E-state index contributed by atoms with van der Waals surface area (Å²) in [6, 6.07) is 7.50. The molecule has 1 aromatic heterocycles. The van der Waals surface area contributed by atoms with Crippen LogP contribution in [0, 0.1) is 12.7 Å². The predicted molar refractivity (Wildman–Crippen MR) is 75.4 cm³/mol. The topological polar surface area (TPSA) is 74.3 Å². The highest BCUT2D eigenvalue weighted by molar-refractivity contribution is 5.73. The SMILES string of the molecule is Cc1cc(=O)c(OCc2ccccc2F)cn1CC(N)=O. The van der Waals surface area contributed by atoms with Crippen molar-refractivity contribution in [3.05, 3.63) is 63.8 Å². The number of rotatable bonds is 5. The molecular weight excluding hydrogens is 275 g/mol. The van der Waals surface area contributed by atoms with E-state index in [2.05, 4.69) is 0 Å². The van der Waals surface area contributed by atoms with Crippen molar-refractivity contribution < 1.29 is 13.9 Å². The van der Waals surface area contributed by atoms with E-state index in [1.807, 2.05) is 0 Å². The van der Waals surface area contributed by atoms with Gasteiger partial charge < -0.3 is 15.0 Å². The van der Waals surface area contributed by atoms with Crippen LogP contribution in [0.3, 0.4) is 0 Å². The van der Waals surface area contributed by atoms with Crippen molar-refractivity contribution in [1.29, 1.82) is 0 Å². The van der Waals surface area contributed by atoms with E-state index in [1.165, 1.54) is 22.9 Å². The molecule has 2 rings (SSSR count). The molecule has 1 heterocycles. The van der Waals surface area contributed by atoms with Crippen molar-refractivity contribution >= 4 is 5.91 Å². The van der Waals surface area contributed by atoms with Crippen molar-refractivity contribution in [2.75, 3.05) is 0 Å². The van der Waals surface area contributed by atoms with Crippen molar-refractivity contribution in [3.8, 4) is 5.75 Å². The first-order chi connectivity index (χ1) is 9.97. The first-order valence-electron chi connectivity index (χ1n) is 6.33. The first-order valence-corrected chi connectivity index (χ1v) is 6.33. The lowest BCUT2D eigenvalue weighted by atomic mass is 10.2. The Labute approximate surface area is 120 Å². The van der Waals surface area contributed by atoms with Gasteiger partial charge in [-0.25, -0.2) is 4.39 Å². The number of pyridine rings is 1. The van der Waals surface area contributed by atoms with E-state index in [1.54, 1.807) is 25.1 Å². The van der Waals surface area contributed by atoms with Crippen LogP contribution in [0.5, 0.6) is 5.75 Å². The maximum Gasteiger partial charge on any atom is 0.237 e. The highest BCUT2D eigenvalue weighted by atomic mass is 19.1. The van der Waals surface area contributed by atoms with Gasteiger partial charge in [-0.1, -0.05) is 18.2 Å². The maximum atomic E-state index is 13.5. The second-order valence-corrected chi connectivity index (χ2v) is 4.62. The molecule has 1 amide bonds. The Morgan fingerprint density at radius 1 is 1.38 bits per heavy atom. The highest BCUT2D eigenvalue weighted by Crippen LogP contribution is 2.12. The van der Waals surface area contributed by atoms with Gasteiger partial charge in [0.15, 0.2) is 5.75 Å². The molecule has 0 spiro atoms. The van der Waals surface area contributed by atoms with E-state index in [9.17, 15) is 14.0 Å². The number of aromatic nitrogens is 1. The standard InChI is InChI=1S/C15H15FN2O3/c1-10-6-13(19)14(7-18(10)8-15(17)20)21-9-11-4-2-3-5-12(11)16/h2-7H,8-9H2,1H3,(H2,17,20). The molecule has 0 aliphatic rings. The van der Waals surface area contributed by atoms with Crippen LogP contribution >= 0.6 is 0 Å². The van der Waals surface area contributed by atoms with Gasteiger partial charge in [0, 0.05) is 17.3 Å². The molecule has 0 saturated heterocycles. The smallest absolute Gasteiger partial charge is 0.237 e. The van der Waals surface area contributed by atoms with Crippen molar-refractivity contribution in [2.45, 2.75) is 20.1 Å². The van der Waals surface area contributed by atoms with Crippen molar-refractivity contribution in [2.24, 2.45) is 5.73 Å². The lowest BCUT2D eigenvalue weighted by Crippen LogP contribution is -2.22. The molecule has 0 unspecified atom stereocenters. The summed E-state index contributed by atoms with van der Waals surface area (Å²) in [5.74, 6) is -0.881. The second kappa shape index (κ2) is 6.21. The van der Waals surface area contributed by atoms with Gasteiger partial charge in [-0.15, -0.1) is 0 Å². The van der Waals surface area contributed by atoms with Crippen molar-refractivity contribution in [3.63, 3.8) is 0 Å². The van der Waals surface area contributed by atoms with Crippen molar-refractivity contribution in [1.82, 2.24) is 4.57 Å². The fraction of sp³-hybridized carbons (Fsp3) is 0.200. The molecule has 0 bridgehead atoms. The van der Waals surface area contributed by atoms with Crippen LogP contribution in [0.15, 0.2) is 41.3 Å². The summed E-state index contributed by atoms with van der Waals surface area (Å²) in [5, 5.41) is 0. The summed E-state index contributed by atoms with van der Waals surface area (Å²) in [5.41, 5.74) is 5.75. The van der Waals surface area contributed by atoms with Crippen LogP contribution in [0.1, 0.15) is 11.3 Å². The number of hydrogen-bond donors (Lipinski definition) is 1. The number of amides is 1. The zero-order valence-corrected chi connectivity index (χ0v) is 11.5. The minimum atomic E-state index is -0.526. The third-order valence-corrected chi connectivity index (χ3v) is 2.98. The van der Waals surface area contributed by atoms with E-state index in [0.717, 1.165) is 0 Å². The Hall–Kier alpha value is -2.63. The molecular formula is C15H15FN2O3. The molecule has 0 saturated carbocycles. The molecule has 5 nitrogen and oxygen atoms in total. The number of halogens is 1. The minimum absolute atomic E-state index is 0.0464. The quantitative estimate of drug-likeness (QED) is 0.903. The van der Waals surface area contributed by atoms with Gasteiger partial charge in [0.05, 0.1) is 6.20 Å². The number of hydrogen-bond acceptors (Lipinski definition) is 3. The Bertz CT molecular complexity index is 725. The number of aryl methyl sites for hydroxylation is 1. The Kier molecular flexibility index (Phi) is 4.37. The Morgan fingerprint density at radius 2 is 2.10 bits per heavy atom. The average molecular weight is 290 g/mol. The van der Waals surface area contributed by atoms with Gasteiger partial charge in [0.2, 0.25) is 11.3 Å². The Morgan fingerprint density at radius 3 is 2.76 bits per heavy atom. The molecule has 2 aromatic rings. The molecule has 0 atom stereocenters. The van der Waals surface area contributed by atoms with Gasteiger partial charge >= 0.3 is 0 Å². The van der Waals surface area contributed by atoms with Gasteiger partial charge in [0.25, 0.3) is 0 Å². The largest absolute Gasteiger partial charge is 0.483 e. The molecule has 21 heavy (non-hydrogen) atoms. The van der Waals surface area contributed by atoms with Crippen LogP contribution in [0.2, 0.25) is 0 Å². The predicted octanol–water partition coefficient (Wildman–Crippen LogP) is 1.36. The zero-order chi connectivity index (χ0) is 15.4. The Balaban J connectivity index is 2.22. The monoisotopic (exact) mass is 290 g/mol. The van der Waals surface area contributed by atoms with E-state index >= 15 is 0 Å². The first kappa shape index (κ1) is 14.8. The van der Waals surface area contributed by atoms with E-state index in [-0.39, 0.29) is 24.3 Å². The fourth-order valence-corrected chi connectivity index (χ4v) is 1.87. The summed E-state index contributed by atoms with van der Waals surface area (Å²) in [6.07, 6.45) is 1.41. The number of carbonyl (C=O) groups excluding carboxylic acids is 1.